The van der Waals surface area contributed by atoms with Crippen LogP contribution in [0.5, 0.6) is 11.5 Å². The molecular weight excluding hydrogens is 590 g/mol. The van der Waals surface area contributed by atoms with Gasteiger partial charge in [0.2, 0.25) is 5.13 Å². The number of nitrogens with zero attached hydrogens (tertiary/aromatic N) is 3. The zero-order valence-corrected chi connectivity index (χ0v) is 25.1. The number of Topliss-reactive ketones (excluding diaryl/α,β-unsaturated/α-hetero) is 1. The number of rotatable bonds is 9. The first-order valence-electron chi connectivity index (χ1n) is 13.9. The molecule has 0 spiro atoms. The van der Waals surface area contributed by atoms with E-state index in [-0.39, 0.29) is 28.4 Å². The molecule has 0 aliphatic carbocycles. The largest absolute Gasteiger partial charge is 0.507 e. The highest BCUT2D eigenvalue weighted by Crippen LogP contribution is 2.45. The molecule has 1 fully saturated rings. The maximum absolute atomic E-state index is 13.6. The van der Waals surface area contributed by atoms with E-state index in [1.807, 2.05) is 19.9 Å². The van der Waals surface area contributed by atoms with E-state index in [9.17, 15) is 19.1 Å². The number of fused-ring (bicyclic) bond motifs is 1. The summed E-state index contributed by atoms with van der Waals surface area (Å²) in [5.74, 6) is -0.367. The van der Waals surface area contributed by atoms with Gasteiger partial charge < -0.3 is 14.6 Å². The molecule has 2 atom stereocenters. The lowest BCUT2D eigenvalue weighted by Crippen LogP contribution is -2.29. The van der Waals surface area contributed by atoms with E-state index in [1.165, 1.54) is 40.1 Å². The number of aliphatic hydroxyl groups is 1. The maximum Gasteiger partial charge on any atom is 0.301 e. The summed E-state index contributed by atoms with van der Waals surface area (Å²) < 4.78 is 25.5. The normalized spacial score (nSPS) is 19.0. The minimum atomic E-state index is -0.962. The van der Waals surface area contributed by atoms with E-state index in [1.54, 1.807) is 48.5 Å². The van der Waals surface area contributed by atoms with Crippen molar-refractivity contribution in [2.24, 2.45) is 0 Å². The van der Waals surface area contributed by atoms with Crippen molar-refractivity contribution >= 4 is 45.7 Å². The molecule has 8 nitrogen and oxygen atoms in total. The van der Waals surface area contributed by atoms with Crippen molar-refractivity contribution in [1.29, 1.82) is 0 Å². The summed E-state index contributed by atoms with van der Waals surface area (Å²) in [5, 5.41) is 20.3. The van der Waals surface area contributed by atoms with Crippen LogP contribution in [0.3, 0.4) is 0 Å². The second kappa shape index (κ2) is 12.2. The molecule has 2 aliphatic heterocycles. The molecule has 6 rings (SSSR count). The Hall–Kier alpha value is -4.22. The van der Waals surface area contributed by atoms with Gasteiger partial charge in [-0.25, -0.2) is 4.39 Å². The second-order valence-electron chi connectivity index (χ2n) is 10.3. The molecule has 1 N–H and O–H groups in total. The summed E-state index contributed by atoms with van der Waals surface area (Å²) in [5.41, 5.74) is 2.79. The molecule has 0 saturated carbocycles. The molecular formula is C32H28FN3O5S2. The number of amides is 1. The van der Waals surface area contributed by atoms with Crippen molar-refractivity contribution in [3.63, 3.8) is 0 Å². The maximum atomic E-state index is 13.6. The summed E-state index contributed by atoms with van der Waals surface area (Å²) in [6, 6.07) is 17.6. The number of ether oxygens (including phenoxy) is 2. The number of carbonyl (C=O) groups is 2. The number of halogens is 1. The van der Waals surface area contributed by atoms with Crippen LogP contribution in [-0.2, 0) is 21.8 Å². The van der Waals surface area contributed by atoms with Gasteiger partial charge in [-0.1, -0.05) is 54.3 Å². The van der Waals surface area contributed by atoms with Crippen molar-refractivity contribution in [2.75, 3.05) is 11.5 Å². The number of benzene rings is 3. The SMILES string of the molecule is CCCOc1cccc(C2/C(=C(/O)c3ccc4c(c3)CC(C)O4)C(=O)C(=O)N2c2nnc(SCc3ccc(F)cc3)s2)c1. The Balaban J connectivity index is 1.39. The number of ketones is 1. The lowest BCUT2D eigenvalue weighted by Gasteiger charge is -2.23. The number of aliphatic hydroxyl groups excluding tert-OH is 1. The third kappa shape index (κ3) is 5.87. The van der Waals surface area contributed by atoms with Gasteiger partial charge in [0.25, 0.3) is 5.78 Å². The van der Waals surface area contributed by atoms with Gasteiger partial charge in [0.1, 0.15) is 29.2 Å². The lowest BCUT2D eigenvalue weighted by molar-refractivity contribution is -0.132. The van der Waals surface area contributed by atoms with Gasteiger partial charge in [-0.2, -0.15) is 0 Å². The average Bonchev–Trinajstić information content (AvgIpc) is 3.70. The fourth-order valence-corrected chi connectivity index (χ4v) is 6.97. The number of thioether (sulfide) groups is 1. The molecule has 0 radical (unpaired) electrons. The van der Waals surface area contributed by atoms with Gasteiger partial charge in [0.05, 0.1) is 18.2 Å². The molecule has 1 amide bonds. The van der Waals surface area contributed by atoms with Crippen LogP contribution >= 0.6 is 23.1 Å². The van der Waals surface area contributed by atoms with Crippen molar-refractivity contribution in [1.82, 2.24) is 10.2 Å². The molecule has 11 heteroatoms. The third-order valence-corrected chi connectivity index (χ3v) is 9.27. The van der Waals surface area contributed by atoms with E-state index in [0.29, 0.717) is 40.0 Å². The third-order valence-electron chi connectivity index (χ3n) is 7.14. The smallest absolute Gasteiger partial charge is 0.301 e. The molecule has 220 valence electrons. The highest BCUT2D eigenvalue weighted by molar-refractivity contribution is 8.00. The van der Waals surface area contributed by atoms with Crippen LogP contribution in [0.15, 0.2) is 76.6 Å². The van der Waals surface area contributed by atoms with Crippen LogP contribution in [0.4, 0.5) is 9.52 Å². The van der Waals surface area contributed by atoms with Crippen molar-refractivity contribution < 1.29 is 28.6 Å². The first-order valence-corrected chi connectivity index (χ1v) is 15.7. The van der Waals surface area contributed by atoms with Crippen LogP contribution < -0.4 is 14.4 Å². The highest BCUT2D eigenvalue weighted by atomic mass is 32.2. The molecule has 2 unspecified atom stereocenters. The minimum absolute atomic E-state index is 0.0105. The molecule has 3 aromatic carbocycles. The molecule has 3 heterocycles. The van der Waals surface area contributed by atoms with Crippen LogP contribution in [0, 0.1) is 5.82 Å². The van der Waals surface area contributed by atoms with E-state index in [4.69, 9.17) is 9.47 Å². The monoisotopic (exact) mass is 617 g/mol. The fourth-order valence-electron chi connectivity index (χ4n) is 5.15. The van der Waals surface area contributed by atoms with Crippen LogP contribution in [0.25, 0.3) is 5.76 Å². The van der Waals surface area contributed by atoms with Gasteiger partial charge in [0, 0.05) is 17.7 Å². The Morgan fingerprint density at radius 3 is 2.74 bits per heavy atom. The first kappa shape index (κ1) is 28.9. The van der Waals surface area contributed by atoms with Crippen molar-refractivity contribution in [2.45, 2.75) is 48.9 Å². The summed E-state index contributed by atoms with van der Waals surface area (Å²) in [7, 11) is 0. The quantitative estimate of drug-likeness (QED) is 0.0727. The summed E-state index contributed by atoms with van der Waals surface area (Å²) >= 11 is 2.56. The Kier molecular flexibility index (Phi) is 8.18. The summed E-state index contributed by atoms with van der Waals surface area (Å²) in [6.45, 7) is 4.47. The average molecular weight is 618 g/mol. The van der Waals surface area contributed by atoms with Gasteiger partial charge in [-0.05, 0) is 72.5 Å². The van der Waals surface area contributed by atoms with Gasteiger partial charge in [-0.3, -0.25) is 14.5 Å². The standard InChI is InChI=1S/C32H28FN3O5S2/c1-3-13-40-24-6-4-5-20(16-24)27-26(28(37)21-9-12-25-22(15-21)14-18(2)41-25)29(38)30(39)36(27)31-34-35-32(43-31)42-17-19-7-10-23(33)11-8-19/h4-12,15-16,18,27,37H,3,13-14,17H2,1-2H3/b28-26-. The van der Waals surface area contributed by atoms with Gasteiger partial charge in [0.15, 0.2) is 4.34 Å². The molecule has 2 aliphatic rings. The van der Waals surface area contributed by atoms with E-state index >= 15 is 0 Å². The predicted octanol–water partition coefficient (Wildman–Crippen LogP) is 6.71. The van der Waals surface area contributed by atoms with E-state index in [0.717, 1.165) is 23.3 Å². The number of aromatic nitrogens is 2. The van der Waals surface area contributed by atoms with Crippen LogP contribution in [-0.4, -0.2) is 39.7 Å². The Morgan fingerprint density at radius 1 is 1.14 bits per heavy atom. The Labute approximate surface area is 256 Å². The van der Waals surface area contributed by atoms with Gasteiger partial charge in [-0.15, -0.1) is 10.2 Å². The predicted molar refractivity (Wildman–Crippen MR) is 163 cm³/mol. The Bertz CT molecular complexity index is 1720. The summed E-state index contributed by atoms with van der Waals surface area (Å²) in [6.07, 6.45) is 1.50. The zero-order valence-electron chi connectivity index (χ0n) is 23.5. The highest BCUT2D eigenvalue weighted by Gasteiger charge is 2.48. The van der Waals surface area contributed by atoms with E-state index in [2.05, 4.69) is 10.2 Å². The molecule has 4 aromatic rings. The van der Waals surface area contributed by atoms with Crippen LogP contribution in [0.2, 0.25) is 0 Å². The number of carbonyl (C=O) groups excluding carboxylic acids is 2. The minimum Gasteiger partial charge on any atom is -0.507 e. The fraction of sp³-hybridized carbons (Fsp3) is 0.250. The van der Waals surface area contributed by atoms with Crippen LogP contribution in [0.1, 0.15) is 48.6 Å². The number of hydrogen-bond donors (Lipinski definition) is 1. The van der Waals surface area contributed by atoms with Crippen molar-refractivity contribution in [3.8, 4) is 11.5 Å². The first-order chi connectivity index (χ1) is 20.8. The molecule has 1 saturated heterocycles. The zero-order chi connectivity index (χ0) is 30.1. The summed E-state index contributed by atoms with van der Waals surface area (Å²) in [4.78, 5) is 28.5. The van der Waals surface area contributed by atoms with E-state index < -0.39 is 17.7 Å². The molecule has 0 bridgehead atoms. The topological polar surface area (TPSA) is 102 Å². The molecule has 1 aromatic heterocycles. The number of anilines is 1. The van der Waals surface area contributed by atoms with Crippen molar-refractivity contribution in [3.05, 3.63) is 100 Å². The van der Waals surface area contributed by atoms with Gasteiger partial charge >= 0.3 is 5.91 Å². The number of hydrogen-bond acceptors (Lipinski definition) is 9. The Morgan fingerprint density at radius 2 is 1.95 bits per heavy atom. The second-order valence-corrected chi connectivity index (χ2v) is 12.5. The molecule has 43 heavy (non-hydrogen) atoms. The lowest BCUT2D eigenvalue weighted by atomic mass is 9.94.